The lowest BCUT2D eigenvalue weighted by molar-refractivity contribution is 0.0693. The van der Waals surface area contributed by atoms with Crippen LogP contribution in [0.15, 0.2) is 63.0 Å². The van der Waals surface area contributed by atoms with E-state index in [1.807, 2.05) is 0 Å². The third-order valence-electron chi connectivity index (χ3n) is 4.21. The van der Waals surface area contributed by atoms with Crippen LogP contribution in [-0.2, 0) is 16.4 Å². The molecule has 0 spiro atoms. The van der Waals surface area contributed by atoms with E-state index in [4.69, 9.17) is 0 Å². The molecule has 0 aliphatic carbocycles. The van der Waals surface area contributed by atoms with Gasteiger partial charge in [0.05, 0.1) is 16.3 Å². The summed E-state index contributed by atoms with van der Waals surface area (Å²) in [4.78, 5) is 40.7. The Kier molecular flexibility index (Phi) is 6.32. The number of amides is 1. The first kappa shape index (κ1) is 22.3. The van der Waals surface area contributed by atoms with Gasteiger partial charge >= 0.3 is 5.97 Å². The number of hydrogen-bond donors (Lipinski definition) is 2. The summed E-state index contributed by atoms with van der Waals surface area (Å²) < 4.78 is 28.5. The van der Waals surface area contributed by atoms with Crippen molar-refractivity contribution in [3.8, 4) is 5.69 Å². The third kappa shape index (κ3) is 4.54. The van der Waals surface area contributed by atoms with E-state index < -0.39 is 38.6 Å². The Morgan fingerprint density at radius 3 is 2.29 bits per heavy atom. The number of halogens is 1. The van der Waals surface area contributed by atoms with E-state index in [2.05, 4.69) is 26.0 Å². The summed E-state index contributed by atoms with van der Waals surface area (Å²) in [5, 5.41) is 13.6. The molecule has 0 aliphatic heterocycles. The van der Waals surface area contributed by atoms with E-state index >= 15 is 0 Å². The van der Waals surface area contributed by atoms with Gasteiger partial charge in [0, 0.05) is 16.9 Å². The maximum Gasteiger partial charge on any atom is 0.341 e. The highest BCUT2D eigenvalue weighted by Gasteiger charge is 2.28. The van der Waals surface area contributed by atoms with Crippen molar-refractivity contribution in [3.63, 3.8) is 0 Å². The molecule has 0 fully saturated rings. The average Bonchev–Trinajstić information content (AvgIpc) is 2.74. The number of hydrogen-bond acceptors (Lipinski definition) is 7. The number of carbonyl (C=O) groups excluding carboxylic acids is 1. The summed E-state index contributed by atoms with van der Waals surface area (Å²) in [5.41, 5.74) is -2.26. The van der Waals surface area contributed by atoms with E-state index in [1.165, 1.54) is 12.4 Å². The van der Waals surface area contributed by atoms with Crippen LogP contribution in [0, 0.1) is 0 Å². The van der Waals surface area contributed by atoms with Gasteiger partial charge in [0.15, 0.2) is 5.69 Å². The number of carboxylic acids is 1. The predicted molar refractivity (Wildman–Crippen MR) is 113 cm³/mol. The van der Waals surface area contributed by atoms with Crippen LogP contribution in [0.5, 0.6) is 0 Å². The summed E-state index contributed by atoms with van der Waals surface area (Å²) in [7, 11) is -4.34. The number of benzene rings is 1. The number of pyridine rings is 1. The van der Waals surface area contributed by atoms with Crippen molar-refractivity contribution in [2.75, 3.05) is 0 Å². The van der Waals surface area contributed by atoms with Crippen LogP contribution in [0.2, 0.25) is 0 Å². The number of carboxylic acid groups (broad SMARTS) is 1. The van der Waals surface area contributed by atoms with E-state index in [0.717, 1.165) is 21.3 Å². The second-order valence-electron chi connectivity index (χ2n) is 6.16. The molecule has 12 heteroatoms. The molecule has 2 heterocycles. The molecule has 160 valence electrons. The molecule has 0 radical (unpaired) electrons. The van der Waals surface area contributed by atoms with Crippen molar-refractivity contribution in [2.24, 2.45) is 0 Å². The van der Waals surface area contributed by atoms with Gasteiger partial charge in [-0.15, -0.1) is 0 Å². The summed E-state index contributed by atoms with van der Waals surface area (Å²) in [6, 6.07) is 8.85. The molecule has 1 amide bonds. The van der Waals surface area contributed by atoms with E-state index in [9.17, 15) is 27.9 Å². The first-order chi connectivity index (χ1) is 14.7. The third-order valence-corrected chi connectivity index (χ3v) is 6.08. The lowest BCUT2D eigenvalue weighted by atomic mass is 10.1. The Labute approximate surface area is 184 Å². The van der Waals surface area contributed by atoms with Gasteiger partial charge in [-0.3, -0.25) is 14.6 Å². The SMILES string of the molecule is CCc1c(C(=O)O)c(=O)c(C(=O)NS(=O)(=O)c2ccncc2)nn1-c1ccc(Br)cc1. The number of aromatic carboxylic acids is 1. The number of rotatable bonds is 6. The quantitative estimate of drug-likeness (QED) is 0.513. The highest BCUT2D eigenvalue weighted by molar-refractivity contribution is 9.10. The smallest absolute Gasteiger partial charge is 0.341 e. The maximum absolute atomic E-state index is 12.8. The van der Waals surface area contributed by atoms with Gasteiger partial charge in [-0.2, -0.15) is 5.10 Å². The van der Waals surface area contributed by atoms with Gasteiger partial charge in [0.1, 0.15) is 5.56 Å². The molecule has 31 heavy (non-hydrogen) atoms. The summed E-state index contributed by atoms with van der Waals surface area (Å²) >= 11 is 3.29. The predicted octanol–water partition coefficient (Wildman–Crippen LogP) is 1.77. The second kappa shape index (κ2) is 8.78. The standard InChI is InChI=1S/C19H15BrN4O6S/c1-2-14-15(19(27)28)17(25)16(22-24(14)12-5-3-11(20)4-6-12)18(26)23-31(29,30)13-7-9-21-10-8-13/h3-10H,2H2,1H3,(H,23,26)(H,27,28). The van der Waals surface area contributed by atoms with Crippen LogP contribution < -0.4 is 10.2 Å². The van der Waals surface area contributed by atoms with Crippen LogP contribution in [0.4, 0.5) is 0 Å². The topological polar surface area (TPSA) is 148 Å². The Hall–Kier alpha value is -3.38. The minimum absolute atomic E-state index is 0.0633. The molecule has 0 aliphatic rings. The normalized spacial score (nSPS) is 11.2. The van der Waals surface area contributed by atoms with Crippen LogP contribution in [-0.4, -0.2) is 40.2 Å². The first-order valence-corrected chi connectivity index (χ1v) is 11.1. The number of nitrogens with zero attached hydrogens (tertiary/aromatic N) is 3. The van der Waals surface area contributed by atoms with Gasteiger partial charge in [0.2, 0.25) is 5.43 Å². The Balaban J connectivity index is 2.18. The van der Waals surface area contributed by atoms with Crippen LogP contribution in [0.25, 0.3) is 5.69 Å². The fraction of sp³-hybridized carbons (Fsp3) is 0.105. The second-order valence-corrected chi connectivity index (χ2v) is 8.76. The number of sulfonamides is 1. The van der Waals surface area contributed by atoms with Crippen molar-refractivity contribution in [2.45, 2.75) is 18.2 Å². The van der Waals surface area contributed by atoms with Crippen molar-refractivity contribution >= 4 is 37.8 Å². The van der Waals surface area contributed by atoms with Crippen molar-refractivity contribution < 1.29 is 23.1 Å². The fourth-order valence-corrected chi connectivity index (χ4v) is 4.00. The molecule has 3 aromatic rings. The molecule has 3 rings (SSSR count). The minimum atomic E-state index is -4.34. The molecule has 0 unspecified atom stereocenters. The van der Waals surface area contributed by atoms with Gasteiger partial charge in [-0.05, 0) is 42.8 Å². The molecule has 2 aromatic heterocycles. The molecular formula is C19H15BrN4O6S. The summed E-state index contributed by atoms with van der Waals surface area (Å²) in [5.74, 6) is -2.90. The Morgan fingerprint density at radius 2 is 1.74 bits per heavy atom. The maximum atomic E-state index is 12.8. The number of carbonyl (C=O) groups is 2. The van der Waals surface area contributed by atoms with Gasteiger partial charge in [-0.25, -0.2) is 22.6 Å². The van der Waals surface area contributed by atoms with E-state index in [1.54, 1.807) is 35.9 Å². The van der Waals surface area contributed by atoms with Gasteiger partial charge in [-0.1, -0.05) is 22.9 Å². The molecule has 1 aromatic carbocycles. The number of nitrogens with one attached hydrogen (secondary N) is 1. The Bertz CT molecular complexity index is 1320. The average molecular weight is 507 g/mol. The van der Waals surface area contributed by atoms with Crippen molar-refractivity contribution in [3.05, 3.63) is 80.4 Å². The van der Waals surface area contributed by atoms with E-state index in [-0.39, 0.29) is 17.0 Å². The minimum Gasteiger partial charge on any atom is -0.477 e. The summed E-state index contributed by atoms with van der Waals surface area (Å²) in [6.07, 6.45) is 2.56. The largest absolute Gasteiger partial charge is 0.477 e. The van der Waals surface area contributed by atoms with Crippen molar-refractivity contribution in [1.29, 1.82) is 0 Å². The molecule has 2 N–H and O–H groups in total. The lowest BCUT2D eigenvalue weighted by Gasteiger charge is -2.15. The highest BCUT2D eigenvalue weighted by atomic mass is 79.9. The van der Waals surface area contributed by atoms with Crippen LogP contribution >= 0.6 is 15.9 Å². The monoisotopic (exact) mass is 506 g/mol. The summed E-state index contributed by atoms with van der Waals surface area (Å²) in [6.45, 7) is 1.63. The Morgan fingerprint density at radius 1 is 1.13 bits per heavy atom. The first-order valence-electron chi connectivity index (χ1n) is 8.78. The molecular weight excluding hydrogens is 492 g/mol. The molecule has 0 atom stereocenters. The van der Waals surface area contributed by atoms with Crippen molar-refractivity contribution in [1.82, 2.24) is 19.5 Å². The van der Waals surface area contributed by atoms with Gasteiger partial charge in [0.25, 0.3) is 15.9 Å². The molecule has 0 saturated heterocycles. The zero-order valence-electron chi connectivity index (χ0n) is 15.9. The fourth-order valence-electron chi connectivity index (χ4n) is 2.80. The highest BCUT2D eigenvalue weighted by Crippen LogP contribution is 2.17. The zero-order valence-corrected chi connectivity index (χ0v) is 18.3. The van der Waals surface area contributed by atoms with Gasteiger partial charge < -0.3 is 5.11 Å². The van der Waals surface area contributed by atoms with Crippen LogP contribution in [0.1, 0.15) is 33.5 Å². The molecule has 0 bridgehead atoms. The lowest BCUT2D eigenvalue weighted by Crippen LogP contribution is -2.38. The molecule has 10 nitrogen and oxygen atoms in total. The van der Waals surface area contributed by atoms with Crippen LogP contribution in [0.3, 0.4) is 0 Å². The number of aromatic nitrogens is 3. The molecule has 0 saturated carbocycles. The zero-order chi connectivity index (χ0) is 22.8. The van der Waals surface area contributed by atoms with E-state index in [0.29, 0.717) is 5.69 Å².